The van der Waals surface area contributed by atoms with Crippen LogP contribution in [0.2, 0.25) is 0 Å². The maximum absolute atomic E-state index is 13.0. The molecule has 0 fully saturated rings. The summed E-state index contributed by atoms with van der Waals surface area (Å²) in [5.74, 6) is -0.647. The summed E-state index contributed by atoms with van der Waals surface area (Å²) < 4.78 is 6.95. The number of aromatic nitrogens is 2. The number of hydrogen-bond donors (Lipinski definition) is 1. The predicted octanol–water partition coefficient (Wildman–Crippen LogP) is 2.56. The second-order valence-electron chi connectivity index (χ2n) is 6.87. The van der Waals surface area contributed by atoms with E-state index in [-0.39, 0.29) is 24.1 Å². The molecule has 0 spiro atoms. The molecule has 2 N–H and O–H groups in total. The van der Waals surface area contributed by atoms with Crippen LogP contribution in [0, 0.1) is 0 Å². The van der Waals surface area contributed by atoms with Crippen LogP contribution in [0.4, 0.5) is 5.69 Å². The lowest BCUT2D eigenvalue weighted by atomic mass is 9.90. The number of fused-ring (bicyclic) bond motifs is 5. The minimum absolute atomic E-state index is 0.0477. The van der Waals surface area contributed by atoms with E-state index in [1.54, 1.807) is 4.57 Å². The van der Waals surface area contributed by atoms with Gasteiger partial charge in [-0.25, -0.2) is 4.98 Å². The molecule has 0 bridgehead atoms. The molecule has 0 amide bonds. The van der Waals surface area contributed by atoms with E-state index < -0.39 is 0 Å². The molecule has 6 heteroatoms. The summed E-state index contributed by atoms with van der Waals surface area (Å²) in [5, 5.41) is 0.958. The molecule has 1 aromatic carbocycles. The molecule has 3 aromatic rings. The molecule has 0 aliphatic carbocycles. The zero-order chi connectivity index (χ0) is 18.0. The lowest BCUT2D eigenvalue weighted by Gasteiger charge is -2.24. The SMILES string of the molecule is CCC1C(=O)OCc2c1cc1n(c2=O)Cc2cc3cc(N)ccc3nc2-1. The Bertz CT molecular complexity index is 1160. The first-order chi connectivity index (χ1) is 12.6. The molecular formula is C20H17N3O3. The highest BCUT2D eigenvalue weighted by atomic mass is 16.5. The average molecular weight is 347 g/mol. The average Bonchev–Trinajstić information content (AvgIpc) is 2.98. The van der Waals surface area contributed by atoms with Gasteiger partial charge in [-0.15, -0.1) is 0 Å². The number of cyclic esters (lactones) is 1. The van der Waals surface area contributed by atoms with Crippen molar-refractivity contribution in [3.63, 3.8) is 0 Å². The van der Waals surface area contributed by atoms with Crippen LogP contribution in [-0.4, -0.2) is 15.5 Å². The van der Waals surface area contributed by atoms with E-state index in [9.17, 15) is 9.59 Å². The van der Waals surface area contributed by atoms with Gasteiger partial charge in [-0.3, -0.25) is 9.59 Å². The molecule has 0 saturated heterocycles. The first-order valence-corrected chi connectivity index (χ1v) is 8.69. The van der Waals surface area contributed by atoms with Crippen molar-refractivity contribution in [1.82, 2.24) is 9.55 Å². The molecule has 6 nitrogen and oxygen atoms in total. The summed E-state index contributed by atoms with van der Waals surface area (Å²) in [6, 6.07) is 9.58. The van der Waals surface area contributed by atoms with Crippen molar-refractivity contribution in [3.05, 3.63) is 57.4 Å². The van der Waals surface area contributed by atoms with Gasteiger partial charge in [0.2, 0.25) is 0 Å². The normalized spacial score (nSPS) is 17.6. The van der Waals surface area contributed by atoms with Crippen molar-refractivity contribution in [3.8, 4) is 11.4 Å². The number of carbonyl (C=O) groups excluding carboxylic acids is 1. The smallest absolute Gasteiger partial charge is 0.313 e. The quantitative estimate of drug-likeness (QED) is 0.422. The third-order valence-corrected chi connectivity index (χ3v) is 5.35. The summed E-state index contributed by atoms with van der Waals surface area (Å²) >= 11 is 0. The lowest BCUT2D eigenvalue weighted by molar-refractivity contribution is -0.148. The molecule has 5 rings (SSSR count). The van der Waals surface area contributed by atoms with Gasteiger partial charge in [-0.05, 0) is 42.3 Å². The van der Waals surface area contributed by atoms with E-state index in [0.29, 0.717) is 24.2 Å². The number of esters is 1. The van der Waals surface area contributed by atoms with Gasteiger partial charge in [0, 0.05) is 16.6 Å². The third-order valence-electron chi connectivity index (χ3n) is 5.35. The predicted molar refractivity (Wildman–Crippen MR) is 97.8 cm³/mol. The van der Waals surface area contributed by atoms with Crippen LogP contribution >= 0.6 is 0 Å². The zero-order valence-electron chi connectivity index (χ0n) is 14.3. The number of nitrogens with zero attached hydrogens (tertiary/aromatic N) is 2. The summed E-state index contributed by atoms with van der Waals surface area (Å²) in [6.07, 6.45) is 0.603. The van der Waals surface area contributed by atoms with Crippen molar-refractivity contribution in [2.45, 2.75) is 32.4 Å². The minimum Gasteiger partial charge on any atom is -0.460 e. The molecule has 2 aromatic heterocycles. The van der Waals surface area contributed by atoms with Gasteiger partial charge in [-0.1, -0.05) is 6.92 Å². The molecule has 0 saturated carbocycles. The standard InChI is InChI=1S/C20H17N3O3/c1-2-13-14-7-17-18-11(5-10-6-12(21)3-4-16(10)22-18)8-23(17)19(24)15(14)9-26-20(13)25/h3-7,13H,2,8-9,21H2,1H3. The Kier molecular flexibility index (Phi) is 3.01. The Balaban J connectivity index is 1.77. The van der Waals surface area contributed by atoms with E-state index in [1.807, 2.05) is 37.3 Å². The summed E-state index contributed by atoms with van der Waals surface area (Å²) in [4.78, 5) is 29.9. The van der Waals surface area contributed by atoms with Crippen molar-refractivity contribution >= 4 is 22.6 Å². The number of nitrogens with two attached hydrogens (primary N) is 1. The Morgan fingerprint density at radius 2 is 2.12 bits per heavy atom. The van der Waals surface area contributed by atoms with Crippen LogP contribution in [-0.2, 0) is 22.7 Å². The fraction of sp³-hybridized carbons (Fsp3) is 0.250. The zero-order valence-corrected chi connectivity index (χ0v) is 14.3. The molecule has 2 aliphatic heterocycles. The molecule has 0 radical (unpaired) electrons. The highest BCUT2D eigenvalue weighted by Gasteiger charge is 2.33. The van der Waals surface area contributed by atoms with Crippen molar-refractivity contribution in [2.24, 2.45) is 0 Å². The fourth-order valence-corrected chi connectivity index (χ4v) is 4.03. The van der Waals surface area contributed by atoms with E-state index in [4.69, 9.17) is 15.5 Å². The van der Waals surface area contributed by atoms with E-state index in [1.165, 1.54) is 0 Å². The number of pyridine rings is 2. The topological polar surface area (TPSA) is 87.2 Å². The number of hydrogen-bond acceptors (Lipinski definition) is 5. The maximum atomic E-state index is 13.0. The van der Waals surface area contributed by atoms with E-state index in [2.05, 4.69) is 0 Å². The van der Waals surface area contributed by atoms with Crippen LogP contribution in [0.3, 0.4) is 0 Å². The summed E-state index contributed by atoms with van der Waals surface area (Å²) in [6.45, 7) is 2.45. The maximum Gasteiger partial charge on any atom is 0.313 e. The second kappa shape index (κ2) is 5.17. The van der Waals surface area contributed by atoms with E-state index >= 15 is 0 Å². The van der Waals surface area contributed by atoms with Gasteiger partial charge < -0.3 is 15.0 Å². The van der Waals surface area contributed by atoms with Crippen LogP contribution in [0.25, 0.3) is 22.3 Å². The van der Waals surface area contributed by atoms with Gasteiger partial charge in [0.25, 0.3) is 5.56 Å². The Morgan fingerprint density at radius 3 is 2.92 bits per heavy atom. The number of carbonyl (C=O) groups is 1. The lowest BCUT2D eigenvalue weighted by Crippen LogP contribution is -2.32. The molecule has 2 aliphatic rings. The number of benzene rings is 1. The minimum atomic E-state index is -0.387. The van der Waals surface area contributed by atoms with Crippen LogP contribution in [0.1, 0.15) is 36.0 Å². The van der Waals surface area contributed by atoms with Gasteiger partial charge in [-0.2, -0.15) is 0 Å². The van der Waals surface area contributed by atoms with E-state index in [0.717, 1.165) is 33.4 Å². The van der Waals surface area contributed by atoms with Crippen molar-refractivity contribution in [2.75, 3.05) is 5.73 Å². The van der Waals surface area contributed by atoms with Crippen molar-refractivity contribution in [1.29, 1.82) is 0 Å². The summed E-state index contributed by atoms with van der Waals surface area (Å²) in [5.41, 5.74) is 11.2. The first kappa shape index (κ1) is 15.1. The fourth-order valence-electron chi connectivity index (χ4n) is 4.03. The number of anilines is 1. The van der Waals surface area contributed by atoms with Gasteiger partial charge >= 0.3 is 5.97 Å². The van der Waals surface area contributed by atoms with Gasteiger partial charge in [0.05, 0.1) is 34.9 Å². The molecule has 26 heavy (non-hydrogen) atoms. The monoisotopic (exact) mass is 347 g/mol. The van der Waals surface area contributed by atoms with Gasteiger partial charge in [0.15, 0.2) is 0 Å². The number of ether oxygens (including phenoxy) is 1. The highest BCUT2D eigenvalue weighted by Crippen LogP contribution is 2.36. The molecule has 1 atom stereocenters. The van der Waals surface area contributed by atoms with Crippen molar-refractivity contribution < 1.29 is 9.53 Å². The highest BCUT2D eigenvalue weighted by molar-refractivity contribution is 5.87. The molecule has 4 heterocycles. The third kappa shape index (κ3) is 1.95. The largest absolute Gasteiger partial charge is 0.460 e. The first-order valence-electron chi connectivity index (χ1n) is 8.69. The Morgan fingerprint density at radius 1 is 1.27 bits per heavy atom. The second-order valence-corrected chi connectivity index (χ2v) is 6.87. The molecule has 130 valence electrons. The Labute approximate surface area is 149 Å². The molecular weight excluding hydrogens is 330 g/mol. The number of nitrogen functional groups attached to an aromatic ring is 1. The van der Waals surface area contributed by atoms with Crippen LogP contribution < -0.4 is 11.3 Å². The Hall–Kier alpha value is -3.15. The number of rotatable bonds is 1. The summed E-state index contributed by atoms with van der Waals surface area (Å²) in [7, 11) is 0. The van der Waals surface area contributed by atoms with Gasteiger partial charge in [0.1, 0.15) is 6.61 Å². The van der Waals surface area contributed by atoms with Crippen LogP contribution in [0.5, 0.6) is 0 Å². The van der Waals surface area contributed by atoms with Crippen LogP contribution in [0.15, 0.2) is 35.1 Å². The molecule has 1 unspecified atom stereocenters.